The summed E-state index contributed by atoms with van der Waals surface area (Å²) in [6.45, 7) is 14.4. The molecule has 0 N–H and O–H groups in total. The van der Waals surface area contributed by atoms with Gasteiger partial charge in [-0.1, -0.05) is 51.4 Å². The SMILES string of the molecule is C[Si](C)(C)C[c-]1cccc1.C[Si](C)(C)C[c-]1cccc1.[Hf+2]. The molecule has 0 unspecified atom stereocenters. The molecular formula is C18H30HfSi2. The van der Waals surface area contributed by atoms with Crippen molar-refractivity contribution in [3.63, 3.8) is 0 Å². The fourth-order valence-electron chi connectivity index (χ4n) is 2.29. The van der Waals surface area contributed by atoms with Crippen molar-refractivity contribution >= 4 is 16.1 Å². The van der Waals surface area contributed by atoms with Crippen molar-refractivity contribution in [1.82, 2.24) is 0 Å². The minimum atomic E-state index is -0.862. The fourth-order valence-corrected chi connectivity index (χ4v) is 5.21. The molecule has 0 nitrogen and oxygen atoms in total. The van der Waals surface area contributed by atoms with Crippen LogP contribution in [0.2, 0.25) is 39.3 Å². The minimum Gasteiger partial charge on any atom is -0.213 e. The molecule has 2 aromatic rings. The van der Waals surface area contributed by atoms with Crippen molar-refractivity contribution in [3.05, 3.63) is 59.7 Å². The molecule has 2 rings (SSSR count). The van der Waals surface area contributed by atoms with E-state index in [1.165, 1.54) is 23.2 Å². The van der Waals surface area contributed by atoms with Gasteiger partial charge in [-0.15, -0.1) is 0 Å². The van der Waals surface area contributed by atoms with Crippen molar-refractivity contribution in [2.24, 2.45) is 0 Å². The normalized spacial score (nSPS) is 11.3. The zero-order chi connectivity index (χ0) is 15.2. The molecule has 0 aliphatic heterocycles. The molecule has 114 valence electrons. The van der Waals surface area contributed by atoms with Crippen molar-refractivity contribution in [2.45, 2.75) is 51.4 Å². The standard InChI is InChI=1S/2C9H15Si.Hf/c2*1-10(2,3)8-9-6-4-5-7-9;/h2*4-7H,8H2,1-3H3;/q2*-1;+2. The maximum Gasteiger partial charge on any atom is 2.00 e. The molecule has 0 aromatic heterocycles. The van der Waals surface area contributed by atoms with E-state index in [1.54, 1.807) is 0 Å². The summed E-state index contributed by atoms with van der Waals surface area (Å²) in [5, 5.41) is 0. The Labute approximate surface area is 152 Å². The van der Waals surface area contributed by atoms with E-state index >= 15 is 0 Å². The van der Waals surface area contributed by atoms with Crippen LogP contribution in [-0.4, -0.2) is 16.1 Å². The van der Waals surface area contributed by atoms with Gasteiger partial charge in [-0.25, -0.2) is 24.3 Å². The first-order valence-corrected chi connectivity index (χ1v) is 15.0. The van der Waals surface area contributed by atoms with Gasteiger partial charge in [-0.2, -0.15) is 35.4 Å². The van der Waals surface area contributed by atoms with Crippen LogP contribution in [0.4, 0.5) is 0 Å². The quantitative estimate of drug-likeness (QED) is 0.392. The molecule has 3 heteroatoms. The van der Waals surface area contributed by atoms with Gasteiger partial charge in [0.2, 0.25) is 0 Å². The van der Waals surface area contributed by atoms with E-state index in [-0.39, 0.29) is 25.8 Å². The predicted molar refractivity (Wildman–Crippen MR) is 98.2 cm³/mol. The molecule has 0 aliphatic rings. The predicted octanol–water partition coefficient (Wildman–Crippen LogP) is 5.65. The van der Waals surface area contributed by atoms with Crippen molar-refractivity contribution < 1.29 is 25.8 Å². The average molecular weight is 481 g/mol. The molecule has 0 aliphatic carbocycles. The Bertz CT molecular complexity index is 410. The second kappa shape index (κ2) is 9.21. The molecule has 0 saturated carbocycles. The molecule has 0 atom stereocenters. The second-order valence-corrected chi connectivity index (χ2v) is 19.0. The van der Waals surface area contributed by atoms with Crippen LogP contribution in [0.3, 0.4) is 0 Å². The Hall–Kier alpha value is 0.00390. The Morgan fingerprint density at radius 2 is 0.810 bits per heavy atom. The van der Waals surface area contributed by atoms with Gasteiger partial charge < -0.3 is 0 Å². The molecule has 2 aromatic carbocycles. The minimum absolute atomic E-state index is 0. The monoisotopic (exact) mass is 482 g/mol. The van der Waals surface area contributed by atoms with Crippen LogP contribution in [0.15, 0.2) is 48.5 Å². The van der Waals surface area contributed by atoms with E-state index in [0.29, 0.717) is 0 Å². The summed E-state index contributed by atoms with van der Waals surface area (Å²) in [7, 11) is -1.72. The van der Waals surface area contributed by atoms with Gasteiger partial charge in [-0.05, 0) is 0 Å². The van der Waals surface area contributed by atoms with E-state index in [2.05, 4.69) is 87.8 Å². The first-order chi connectivity index (χ1) is 9.16. The summed E-state index contributed by atoms with van der Waals surface area (Å²) in [6.07, 6.45) is 0. The zero-order valence-electron chi connectivity index (χ0n) is 14.5. The van der Waals surface area contributed by atoms with Gasteiger partial charge in [0.1, 0.15) is 0 Å². The summed E-state index contributed by atoms with van der Waals surface area (Å²) in [5.74, 6) is 0. The molecule has 0 radical (unpaired) electrons. The fraction of sp³-hybridized carbons (Fsp3) is 0.444. The summed E-state index contributed by atoms with van der Waals surface area (Å²) in [5.41, 5.74) is 3.03. The Balaban J connectivity index is 0.000000364. The zero-order valence-corrected chi connectivity index (χ0v) is 20.1. The summed E-state index contributed by atoms with van der Waals surface area (Å²) in [4.78, 5) is 0. The number of hydrogen-bond acceptors (Lipinski definition) is 0. The van der Waals surface area contributed by atoms with Crippen molar-refractivity contribution in [1.29, 1.82) is 0 Å². The van der Waals surface area contributed by atoms with Crippen LogP contribution in [0.25, 0.3) is 0 Å². The molecule has 0 amide bonds. The van der Waals surface area contributed by atoms with Crippen LogP contribution in [0.1, 0.15) is 11.1 Å². The van der Waals surface area contributed by atoms with Crippen LogP contribution in [0, 0.1) is 0 Å². The van der Waals surface area contributed by atoms with Crippen molar-refractivity contribution in [2.75, 3.05) is 0 Å². The summed E-state index contributed by atoms with van der Waals surface area (Å²) in [6, 6.07) is 20.0. The van der Waals surface area contributed by atoms with Crippen LogP contribution in [0.5, 0.6) is 0 Å². The second-order valence-electron chi connectivity index (χ2n) is 8.06. The van der Waals surface area contributed by atoms with Crippen LogP contribution < -0.4 is 0 Å². The Morgan fingerprint density at radius 3 is 1.00 bits per heavy atom. The maximum atomic E-state index is 2.40. The van der Waals surface area contributed by atoms with E-state index in [9.17, 15) is 0 Å². The number of rotatable bonds is 4. The van der Waals surface area contributed by atoms with Gasteiger partial charge in [0, 0.05) is 16.1 Å². The Kier molecular flexibility index (Phi) is 9.21. The summed E-state index contributed by atoms with van der Waals surface area (Å²) >= 11 is 0. The van der Waals surface area contributed by atoms with Gasteiger partial charge in [0.05, 0.1) is 0 Å². The third-order valence-corrected chi connectivity index (χ3v) is 5.87. The van der Waals surface area contributed by atoms with Crippen LogP contribution >= 0.6 is 0 Å². The van der Waals surface area contributed by atoms with Gasteiger partial charge in [0.25, 0.3) is 0 Å². The molecule has 0 spiro atoms. The third-order valence-electron chi connectivity index (χ3n) is 2.93. The average Bonchev–Trinajstić information content (AvgIpc) is 2.87. The van der Waals surface area contributed by atoms with Gasteiger partial charge in [-0.3, -0.25) is 0 Å². The summed E-state index contributed by atoms with van der Waals surface area (Å²) < 4.78 is 0. The van der Waals surface area contributed by atoms with E-state index < -0.39 is 16.1 Å². The van der Waals surface area contributed by atoms with E-state index in [1.807, 2.05) is 0 Å². The molecule has 21 heavy (non-hydrogen) atoms. The van der Waals surface area contributed by atoms with Gasteiger partial charge in [0.15, 0.2) is 0 Å². The first-order valence-electron chi connectivity index (χ1n) is 7.57. The first kappa shape index (κ1) is 21.0. The Morgan fingerprint density at radius 1 is 0.571 bits per heavy atom. The number of hydrogen-bond donors (Lipinski definition) is 0. The largest absolute Gasteiger partial charge is 2.00 e. The molecular weight excluding hydrogens is 451 g/mol. The third kappa shape index (κ3) is 11.3. The topological polar surface area (TPSA) is 0 Å². The smallest absolute Gasteiger partial charge is 0.213 e. The van der Waals surface area contributed by atoms with E-state index in [4.69, 9.17) is 0 Å². The maximum absolute atomic E-state index is 2.40. The van der Waals surface area contributed by atoms with Gasteiger partial charge >= 0.3 is 25.8 Å². The molecule has 0 fully saturated rings. The van der Waals surface area contributed by atoms with E-state index in [0.717, 1.165) is 0 Å². The molecule has 0 bridgehead atoms. The van der Waals surface area contributed by atoms with Crippen LogP contribution in [-0.2, 0) is 37.9 Å². The van der Waals surface area contributed by atoms with Crippen molar-refractivity contribution in [3.8, 4) is 0 Å². The molecule has 0 heterocycles. The molecule has 0 saturated heterocycles.